The molecule has 3 aromatic rings. The minimum Gasteiger partial charge on any atom is -0.323 e. The van der Waals surface area contributed by atoms with Crippen LogP contribution in [-0.4, -0.2) is 10.7 Å². The smallest absolute Gasteiger partial charge is 0.0705 e. The maximum Gasteiger partial charge on any atom is 0.0705 e. The van der Waals surface area contributed by atoms with Gasteiger partial charge in [0, 0.05) is 34.2 Å². The van der Waals surface area contributed by atoms with Gasteiger partial charge in [-0.25, -0.2) is 0 Å². The van der Waals surface area contributed by atoms with Crippen molar-refractivity contribution in [3.05, 3.63) is 71.9 Å². The van der Waals surface area contributed by atoms with Gasteiger partial charge in [0.15, 0.2) is 0 Å². The Morgan fingerprint density at radius 1 is 1.10 bits per heavy atom. The molecule has 1 aromatic heterocycles. The molecule has 104 valence electrons. The lowest BCUT2D eigenvalue weighted by Crippen LogP contribution is -2.19. The van der Waals surface area contributed by atoms with Gasteiger partial charge in [-0.05, 0) is 29.3 Å². The highest BCUT2D eigenvalue weighted by Crippen LogP contribution is 2.44. The van der Waals surface area contributed by atoms with E-state index in [1.54, 1.807) is 0 Å². The summed E-state index contributed by atoms with van der Waals surface area (Å²) in [5.74, 6) is 1.44. The van der Waals surface area contributed by atoms with E-state index in [9.17, 15) is 0 Å². The van der Waals surface area contributed by atoms with Crippen LogP contribution in [0, 0.1) is 0 Å². The lowest BCUT2D eigenvalue weighted by molar-refractivity contribution is 0.608. The molecule has 0 spiro atoms. The fraction of sp³-hybridized carbons (Fsp3) is 0.167. The fourth-order valence-corrected chi connectivity index (χ4v) is 4.31. The molecular weight excluding hydrogens is 276 g/mol. The van der Waals surface area contributed by atoms with Crippen molar-refractivity contribution in [3.8, 4) is 0 Å². The number of hydrogen-bond donors (Lipinski definition) is 1. The highest BCUT2D eigenvalue weighted by Gasteiger charge is 2.28. The van der Waals surface area contributed by atoms with Gasteiger partial charge in [-0.15, -0.1) is 11.8 Å². The van der Waals surface area contributed by atoms with Crippen LogP contribution in [0.5, 0.6) is 0 Å². The van der Waals surface area contributed by atoms with Crippen LogP contribution in [0.2, 0.25) is 0 Å². The van der Waals surface area contributed by atoms with Gasteiger partial charge in [0.25, 0.3) is 0 Å². The van der Waals surface area contributed by atoms with E-state index in [0.29, 0.717) is 5.92 Å². The Bertz CT molecular complexity index is 800. The molecule has 2 N–H and O–H groups in total. The molecule has 2 unspecified atom stereocenters. The van der Waals surface area contributed by atoms with Gasteiger partial charge >= 0.3 is 0 Å². The maximum atomic E-state index is 6.57. The molecule has 3 heteroatoms. The summed E-state index contributed by atoms with van der Waals surface area (Å²) in [6.45, 7) is 0. The first-order chi connectivity index (χ1) is 10.3. The summed E-state index contributed by atoms with van der Waals surface area (Å²) in [4.78, 5) is 5.81. The molecule has 2 heterocycles. The van der Waals surface area contributed by atoms with Gasteiger partial charge < -0.3 is 5.73 Å². The Kier molecular flexibility index (Phi) is 3.17. The predicted molar refractivity (Wildman–Crippen MR) is 88.6 cm³/mol. The SMILES string of the molecule is NC(c1ccc2cccnc2c1)C1CSc2ccccc21. The Hall–Kier alpha value is -1.84. The van der Waals surface area contributed by atoms with Crippen LogP contribution in [-0.2, 0) is 0 Å². The second-order valence-corrected chi connectivity index (χ2v) is 6.50. The molecule has 0 saturated heterocycles. The van der Waals surface area contributed by atoms with E-state index in [0.717, 1.165) is 16.7 Å². The summed E-state index contributed by atoms with van der Waals surface area (Å²) in [6, 6.07) is 19.1. The molecule has 21 heavy (non-hydrogen) atoms. The summed E-state index contributed by atoms with van der Waals surface area (Å²) < 4.78 is 0. The van der Waals surface area contributed by atoms with Crippen LogP contribution in [0.25, 0.3) is 10.9 Å². The van der Waals surface area contributed by atoms with Crippen molar-refractivity contribution in [2.75, 3.05) is 5.75 Å². The second kappa shape index (κ2) is 5.17. The van der Waals surface area contributed by atoms with Gasteiger partial charge in [0.05, 0.1) is 5.52 Å². The van der Waals surface area contributed by atoms with E-state index in [1.165, 1.54) is 16.0 Å². The zero-order valence-corrected chi connectivity index (χ0v) is 12.4. The van der Waals surface area contributed by atoms with Crippen LogP contribution in [0.1, 0.15) is 23.1 Å². The van der Waals surface area contributed by atoms with Crippen LogP contribution >= 0.6 is 11.8 Å². The molecule has 2 nitrogen and oxygen atoms in total. The quantitative estimate of drug-likeness (QED) is 0.772. The summed E-state index contributed by atoms with van der Waals surface area (Å²) in [6.07, 6.45) is 1.83. The number of nitrogens with zero attached hydrogens (tertiary/aromatic N) is 1. The number of pyridine rings is 1. The highest BCUT2D eigenvalue weighted by molar-refractivity contribution is 7.99. The van der Waals surface area contributed by atoms with Gasteiger partial charge in [0.2, 0.25) is 0 Å². The summed E-state index contributed by atoms with van der Waals surface area (Å²) in [7, 11) is 0. The van der Waals surface area contributed by atoms with E-state index < -0.39 is 0 Å². The number of aromatic nitrogens is 1. The third kappa shape index (κ3) is 2.23. The standard InChI is InChI=1S/C18H16N2S/c19-18(15-11-21-17-6-2-1-5-14(15)17)13-8-7-12-4-3-9-20-16(12)10-13/h1-10,15,18H,11,19H2. The van der Waals surface area contributed by atoms with Crippen LogP contribution in [0.4, 0.5) is 0 Å². The van der Waals surface area contributed by atoms with Gasteiger partial charge in [-0.2, -0.15) is 0 Å². The summed E-state index contributed by atoms with van der Waals surface area (Å²) >= 11 is 1.91. The van der Waals surface area contributed by atoms with Gasteiger partial charge in [-0.1, -0.05) is 36.4 Å². The second-order valence-electron chi connectivity index (χ2n) is 5.44. The molecule has 4 rings (SSSR count). The van der Waals surface area contributed by atoms with Crippen LogP contribution < -0.4 is 5.73 Å². The van der Waals surface area contributed by atoms with Crippen molar-refractivity contribution in [1.29, 1.82) is 0 Å². The molecule has 2 aromatic carbocycles. The van der Waals surface area contributed by atoms with Crippen molar-refractivity contribution in [2.24, 2.45) is 5.73 Å². The largest absolute Gasteiger partial charge is 0.323 e. The monoisotopic (exact) mass is 292 g/mol. The molecule has 2 atom stereocenters. The summed E-state index contributed by atoms with van der Waals surface area (Å²) in [5, 5.41) is 1.16. The molecule has 0 fully saturated rings. The van der Waals surface area contributed by atoms with Crippen molar-refractivity contribution < 1.29 is 0 Å². The van der Waals surface area contributed by atoms with Crippen molar-refractivity contribution in [1.82, 2.24) is 4.98 Å². The first-order valence-corrected chi connectivity index (χ1v) is 8.13. The summed E-state index contributed by atoms with van der Waals surface area (Å²) in [5.41, 5.74) is 10.1. The maximum absolute atomic E-state index is 6.57. The molecular formula is C18H16N2S. The molecule has 1 aliphatic heterocycles. The lowest BCUT2D eigenvalue weighted by Gasteiger charge is -2.20. The molecule has 0 aliphatic carbocycles. The third-order valence-corrected chi connectivity index (χ3v) is 5.39. The van der Waals surface area contributed by atoms with Crippen LogP contribution in [0.15, 0.2) is 65.7 Å². The van der Waals surface area contributed by atoms with Gasteiger partial charge in [0.1, 0.15) is 0 Å². The topological polar surface area (TPSA) is 38.9 Å². The Morgan fingerprint density at radius 3 is 2.95 bits per heavy atom. The zero-order chi connectivity index (χ0) is 14.2. The zero-order valence-electron chi connectivity index (χ0n) is 11.6. The Balaban J connectivity index is 1.72. The molecule has 0 bridgehead atoms. The Labute approximate surface area is 128 Å². The van der Waals surface area contributed by atoms with Gasteiger partial charge in [-0.3, -0.25) is 4.98 Å². The van der Waals surface area contributed by atoms with E-state index in [1.807, 2.05) is 24.0 Å². The molecule has 0 amide bonds. The first kappa shape index (κ1) is 12.9. The van der Waals surface area contributed by atoms with E-state index in [-0.39, 0.29) is 6.04 Å². The number of thioether (sulfide) groups is 1. The highest BCUT2D eigenvalue weighted by atomic mass is 32.2. The average Bonchev–Trinajstić information content (AvgIpc) is 2.98. The minimum atomic E-state index is 0.0209. The first-order valence-electron chi connectivity index (χ1n) is 7.15. The van der Waals surface area contributed by atoms with E-state index >= 15 is 0 Å². The Morgan fingerprint density at radius 2 is 2.00 bits per heavy atom. The number of nitrogens with two attached hydrogens (primary N) is 1. The normalized spacial score (nSPS) is 18.6. The number of hydrogen-bond acceptors (Lipinski definition) is 3. The molecule has 1 aliphatic rings. The average molecular weight is 292 g/mol. The van der Waals surface area contributed by atoms with Crippen molar-refractivity contribution in [3.63, 3.8) is 0 Å². The number of benzene rings is 2. The van der Waals surface area contributed by atoms with E-state index in [4.69, 9.17) is 5.73 Å². The predicted octanol–water partition coefficient (Wildman–Crippen LogP) is 4.12. The number of rotatable bonds is 2. The van der Waals surface area contributed by atoms with Crippen molar-refractivity contribution >= 4 is 22.7 Å². The minimum absolute atomic E-state index is 0.0209. The third-order valence-electron chi connectivity index (χ3n) is 4.19. The van der Waals surface area contributed by atoms with Crippen LogP contribution in [0.3, 0.4) is 0 Å². The van der Waals surface area contributed by atoms with Crippen molar-refractivity contribution in [2.45, 2.75) is 16.9 Å². The number of fused-ring (bicyclic) bond motifs is 2. The van der Waals surface area contributed by atoms with E-state index in [2.05, 4.69) is 53.5 Å². The molecule has 0 saturated carbocycles. The molecule has 0 radical (unpaired) electrons. The lowest BCUT2D eigenvalue weighted by atomic mass is 9.89. The fourth-order valence-electron chi connectivity index (χ4n) is 3.01.